The molecule has 0 radical (unpaired) electrons. The van der Waals surface area contributed by atoms with Crippen LogP contribution in [-0.4, -0.2) is 70.4 Å². The third-order valence-electron chi connectivity index (χ3n) is 7.16. The van der Waals surface area contributed by atoms with Crippen LogP contribution in [-0.2, 0) is 4.74 Å². The minimum Gasteiger partial charge on any atom is -0.378 e. The summed E-state index contributed by atoms with van der Waals surface area (Å²) < 4.78 is 5.80. The predicted molar refractivity (Wildman–Crippen MR) is 194 cm³/mol. The maximum absolute atomic E-state index is 6.14. The van der Waals surface area contributed by atoms with Crippen LogP contribution < -0.4 is 10.6 Å². The molecule has 15 heteroatoms. The van der Waals surface area contributed by atoms with E-state index in [1.54, 1.807) is 10.0 Å². The van der Waals surface area contributed by atoms with Gasteiger partial charge in [-0.3, -0.25) is 10.0 Å². The third-order valence-corrected chi connectivity index (χ3v) is 7.63. The lowest BCUT2D eigenvalue weighted by Gasteiger charge is -2.14. The summed E-state index contributed by atoms with van der Waals surface area (Å²) in [7, 11) is 3.68. The van der Waals surface area contributed by atoms with Gasteiger partial charge in [-0.25, -0.2) is 19.9 Å². The molecule has 6 rings (SSSR count). The summed E-state index contributed by atoms with van der Waals surface area (Å²) >= 11 is 12.3. The summed E-state index contributed by atoms with van der Waals surface area (Å²) in [4.78, 5) is 17.5. The number of nitrogens with zero attached hydrogens (tertiary/aromatic N) is 10. The molecular formula is C34H32Cl2N12O. The van der Waals surface area contributed by atoms with Crippen molar-refractivity contribution in [2.45, 2.75) is 0 Å². The molecule has 0 aliphatic rings. The first-order chi connectivity index (χ1) is 23.9. The monoisotopic (exact) mass is 694 g/mol. The Hall–Kier alpha value is -5.50. The number of nitrogens with one attached hydrogen (secondary N) is 2. The zero-order valence-electron chi connectivity index (χ0n) is 26.7. The summed E-state index contributed by atoms with van der Waals surface area (Å²) in [6.45, 7) is 2.04. The van der Waals surface area contributed by atoms with E-state index >= 15 is 0 Å². The van der Waals surface area contributed by atoms with Crippen LogP contribution in [0.1, 0.15) is 0 Å². The molecule has 0 amide bonds. The Kier molecular flexibility index (Phi) is 11.0. The molecular weight excluding hydrogens is 663 g/mol. The van der Waals surface area contributed by atoms with E-state index in [2.05, 4.69) is 51.2 Å². The van der Waals surface area contributed by atoms with Crippen molar-refractivity contribution < 1.29 is 4.74 Å². The van der Waals surface area contributed by atoms with Crippen LogP contribution in [0.5, 0.6) is 0 Å². The van der Waals surface area contributed by atoms with Gasteiger partial charge in [0.25, 0.3) is 0 Å². The highest BCUT2D eigenvalue weighted by molar-refractivity contribution is 6.31. The number of hydrogen-bond acceptors (Lipinski definition) is 11. The Bertz CT molecular complexity index is 1960. The third kappa shape index (κ3) is 9.32. The molecule has 13 nitrogen and oxygen atoms in total. The summed E-state index contributed by atoms with van der Waals surface area (Å²) in [6.07, 6.45) is 3.03. The normalized spacial score (nSPS) is 11.5. The zero-order valence-corrected chi connectivity index (χ0v) is 28.2. The van der Waals surface area contributed by atoms with Crippen LogP contribution in [0.25, 0.3) is 21.8 Å². The van der Waals surface area contributed by atoms with Crippen molar-refractivity contribution in [3.8, 4) is 0 Å². The van der Waals surface area contributed by atoms with Gasteiger partial charge in [0.05, 0.1) is 48.7 Å². The largest absolute Gasteiger partial charge is 0.378 e. The quantitative estimate of drug-likeness (QED) is 0.0649. The first-order valence-corrected chi connectivity index (χ1v) is 16.0. The van der Waals surface area contributed by atoms with E-state index in [1.807, 2.05) is 99.0 Å². The number of rotatable bonds is 14. The zero-order chi connectivity index (χ0) is 34.0. The molecule has 0 aliphatic carbocycles. The van der Waals surface area contributed by atoms with Crippen molar-refractivity contribution in [2.24, 2.45) is 20.7 Å². The molecule has 0 saturated carbocycles. The van der Waals surface area contributed by atoms with Gasteiger partial charge in [0.1, 0.15) is 24.3 Å². The van der Waals surface area contributed by atoms with E-state index in [0.717, 1.165) is 33.2 Å². The van der Waals surface area contributed by atoms with Crippen LogP contribution in [0, 0.1) is 0 Å². The average Bonchev–Trinajstić information content (AvgIpc) is 3.10. The Morgan fingerprint density at radius 1 is 0.612 bits per heavy atom. The second-order valence-corrected chi connectivity index (χ2v) is 11.7. The molecule has 0 atom stereocenters. The summed E-state index contributed by atoms with van der Waals surface area (Å²) in [5.74, 6) is 1.30. The van der Waals surface area contributed by atoms with Crippen molar-refractivity contribution in [1.82, 2.24) is 30.0 Å². The molecule has 0 unspecified atom stereocenters. The van der Waals surface area contributed by atoms with Gasteiger partial charge in [-0.1, -0.05) is 45.8 Å². The summed E-state index contributed by atoms with van der Waals surface area (Å²) in [5.41, 5.74) is 4.56. The van der Waals surface area contributed by atoms with E-state index < -0.39 is 0 Å². The summed E-state index contributed by atoms with van der Waals surface area (Å²) in [5, 5.41) is 30.3. The Labute approximate surface area is 292 Å². The lowest BCUT2D eigenvalue weighted by Crippen LogP contribution is -2.21. The van der Waals surface area contributed by atoms with E-state index in [4.69, 9.17) is 27.9 Å². The number of hydrogen-bond donors (Lipinski definition) is 2. The number of aromatic nitrogens is 4. The van der Waals surface area contributed by atoms with Crippen LogP contribution in [0.4, 0.5) is 34.4 Å². The van der Waals surface area contributed by atoms with Crippen LogP contribution in [0.2, 0.25) is 10.0 Å². The van der Waals surface area contributed by atoms with Crippen LogP contribution in [0.3, 0.4) is 0 Å². The lowest BCUT2D eigenvalue weighted by atomic mass is 10.2. The van der Waals surface area contributed by atoms with Gasteiger partial charge < -0.3 is 15.4 Å². The minimum atomic E-state index is 0.465. The van der Waals surface area contributed by atoms with Gasteiger partial charge in [-0.05, 0) is 72.8 Å². The van der Waals surface area contributed by atoms with Crippen LogP contribution >= 0.6 is 23.2 Å². The number of benzene rings is 4. The molecule has 0 saturated heterocycles. The Balaban J connectivity index is 0.964. The number of likely N-dealkylation sites (N-methyl/N-ethyl adjacent to an activating group) is 2. The smallest absolute Gasteiger partial charge is 0.141 e. The highest BCUT2D eigenvalue weighted by Gasteiger charge is 2.08. The molecule has 6 aromatic rings. The van der Waals surface area contributed by atoms with Crippen molar-refractivity contribution in [1.29, 1.82) is 0 Å². The molecule has 49 heavy (non-hydrogen) atoms. The standard InChI is InChI=1S/C34H32Cl2N12O/c1-47(45-43-27-9-11-31-29(19-27)33(39-21-37-31)41-25-7-3-5-23(35)17-25)13-15-49-16-14-48(2)46-44-28-10-12-32-30(20-28)34(40-22-38-32)42-26-8-4-6-24(36)18-26/h3-12,17-22H,13-16H2,1-2H3,(H,37,39,41)(H,38,40,42). The second-order valence-electron chi connectivity index (χ2n) is 10.9. The first-order valence-electron chi connectivity index (χ1n) is 15.3. The molecule has 0 aliphatic heterocycles. The van der Waals surface area contributed by atoms with Gasteiger partial charge in [0.15, 0.2) is 0 Å². The number of anilines is 4. The van der Waals surface area contributed by atoms with E-state index in [1.165, 1.54) is 12.7 Å². The number of ether oxygens (including phenoxy) is 1. The van der Waals surface area contributed by atoms with Crippen molar-refractivity contribution in [2.75, 3.05) is 51.0 Å². The van der Waals surface area contributed by atoms with Gasteiger partial charge in [-0.2, -0.15) is 0 Å². The van der Waals surface area contributed by atoms with Crippen molar-refractivity contribution in [3.05, 3.63) is 108 Å². The minimum absolute atomic E-state index is 0.465. The molecule has 2 aromatic heterocycles. The van der Waals surface area contributed by atoms with Crippen molar-refractivity contribution in [3.63, 3.8) is 0 Å². The first kappa shape index (κ1) is 33.4. The fraction of sp³-hybridized carbons (Fsp3) is 0.176. The van der Waals surface area contributed by atoms with Gasteiger partial charge >= 0.3 is 0 Å². The van der Waals surface area contributed by atoms with Gasteiger partial charge in [-0.15, -0.1) is 10.2 Å². The fourth-order valence-corrected chi connectivity index (χ4v) is 5.04. The molecule has 4 aromatic carbocycles. The van der Waals surface area contributed by atoms with Crippen LogP contribution in [0.15, 0.2) is 118 Å². The fourth-order valence-electron chi connectivity index (χ4n) is 4.66. The molecule has 2 N–H and O–H groups in total. The maximum atomic E-state index is 6.14. The summed E-state index contributed by atoms with van der Waals surface area (Å²) in [6, 6.07) is 26.2. The number of halogens is 2. The molecule has 248 valence electrons. The van der Waals surface area contributed by atoms with E-state index in [-0.39, 0.29) is 0 Å². The molecule has 2 heterocycles. The topological polar surface area (TPSA) is 141 Å². The highest BCUT2D eigenvalue weighted by Crippen LogP contribution is 2.29. The highest BCUT2D eigenvalue weighted by atomic mass is 35.5. The van der Waals surface area contributed by atoms with Crippen molar-refractivity contribution >= 4 is 79.4 Å². The Morgan fingerprint density at radius 2 is 1.08 bits per heavy atom. The predicted octanol–water partition coefficient (Wildman–Crippen LogP) is 8.94. The average molecular weight is 696 g/mol. The van der Waals surface area contributed by atoms with Gasteiger partial charge in [0, 0.05) is 46.3 Å². The molecule has 0 bridgehead atoms. The SMILES string of the molecule is CN(CCOCCN(C)N=Nc1ccc2ncnc(Nc3cccc(Cl)c3)c2c1)N=Nc1ccc2ncnc(Nc3cccc(Cl)c3)c2c1. The van der Waals surface area contributed by atoms with Gasteiger partial charge in [0.2, 0.25) is 0 Å². The van der Waals surface area contributed by atoms with E-state index in [0.29, 0.717) is 59.4 Å². The number of fused-ring (bicyclic) bond motifs is 2. The van der Waals surface area contributed by atoms with E-state index in [9.17, 15) is 0 Å². The Morgan fingerprint density at radius 3 is 1.53 bits per heavy atom. The maximum Gasteiger partial charge on any atom is 0.141 e. The second kappa shape index (κ2) is 16.1. The molecule has 0 spiro atoms. The molecule has 0 fully saturated rings. The lowest BCUT2D eigenvalue weighted by molar-refractivity contribution is 0.0924.